The molecule has 0 spiro atoms. The van der Waals surface area contributed by atoms with E-state index < -0.39 is 10.2 Å². The van der Waals surface area contributed by atoms with Gasteiger partial charge >= 0.3 is 0 Å². The van der Waals surface area contributed by atoms with E-state index in [1.54, 1.807) is 11.4 Å². The van der Waals surface area contributed by atoms with Crippen LogP contribution in [0.25, 0.3) is 0 Å². The van der Waals surface area contributed by atoms with Crippen molar-refractivity contribution in [3.63, 3.8) is 0 Å². The van der Waals surface area contributed by atoms with Gasteiger partial charge in [0.15, 0.2) is 0 Å². The number of rotatable bonds is 11. The van der Waals surface area contributed by atoms with Crippen molar-refractivity contribution in [2.75, 3.05) is 33.2 Å². The van der Waals surface area contributed by atoms with E-state index in [0.29, 0.717) is 13.1 Å². The Bertz CT molecular complexity index is 342. The van der Waals surface area contributed by atoms with Crippen molar-refractivity contribution in [1.29, 1.82) is 0 Å². The van der Waals surface area contributed by atoms with Gasteiger partial charge in [0.1, 0.15) is 0 Å². The predicted molar refractivity (Wildman–Crippen MR) is 79.3 cm³/mol. The molecule has 1 N–H and O–H groups in total. The van der Waals surface area contributed by atoms with Crippen molar-refractivity contribution < 1.29 is 8.42 Å². The zero-order valence-corrected chi connectivity index (χ0v) is 13.4. The molecule has 1 aliphatic carbocycles. The molecule has 1 fully saturated rings. The highest BCUT2D eigenvalue weighted by molar-refractivity contribution is 7.86. The number of hydrogen-bond donors (Lipinski definition) is 1. The monoisotopic (exact) mass is 291 g/mol. The standard InChI is InChI=1S/C13H29N3O2S/c1-4-9-14-10-6-12-15(3)19(17,18)16(11-5-2)13-7-8-13/h13-14H,4-12H2,1-3H3. The zero-order valence-electron chi connectivity index (χ0n) is 12.6. The van der Waals surface area contributed by atoms with Crippen LogP contribution in [-0.4, -0.2) is 56.3 Å². The lowest BCUT2D eigenvalue weighted by molar-refractivity contribution is 0.349. The molecule has 0 atom stereocenters. The molecule has 1 saturated carbocycles. The molecule has 0 radical (unpaired) electrons. The van der Waals surface area contributed by atoms with Gasteiger partial charge in [-0.2, -0.15) is 17.0 Å². The second kappa shape index (κ2) is 8.19. The fourth-order valence-corrected chi connectivity index (χ4v) is 3.81. The average Bonchev–Trinajstić information content (AvgIpc) is 3.19. The van der Waals surface area contributed by atoms with E-state index in [1.165, 1.54) is 4.31 Å². The minimum absolute atomic E-state index is 0.255. The molecule has 0 aliphatic heterocycles. The summed E-state index contributed by atoms with van der Waals surface area (Å²) in [4.78, 5) is 0. The van der Waals surface area contributed by atoms with Gasteiger partial charge < -0.3 is 5.32 Å². The molecular formula is C13H29N3O2S. The smallest absolute Gasteiger partial charge is 0.281 e. The average molecular weight is 291 g/mol. The first-order valence-electron chi connectivity index (χ1n) is 7.47. The molecule has 0 bridgehead atoms. The molecule has 0 aromatic heterocycles. The van der Waals surface area contributed by atoms with Gasteiger partial charge in [0.2, 0.25) is 0 Å². The van der Waals surface area contributed by atoms with Crippen molar-refractivity contribution >= 4 is 10.2 Å². The van der Waals surface area contributed by atoms with Gasteiger partial charge in [-0.25, -0.2) is 0 Å². The van der Waals surface area contributed by atoms with Gasteiger partial charge in [-0.05, 0) is 45.2 Å². The van der Waals surface area contributed by atoms with Gasteiger partial charge in [0.05, 0.1) is 0 Å². The third kappa shape index (κ3) is 5.38. The van der Waals surface area contributed by atoms with Crippen LogP contribution in [-0.2, 0) is 10.2 Å². The van der Waals surface area contributed by atoms with Crippen LogP contribution < -0.4 is 5.32 Å². The fraction of sp³-hybridized carbons (Fsp3) is 1.00. The van der Waals surface area contributed by atoms with Gasteiger partial charge in [-0.3, -0.25) is 0 Å². The molecule has 19 heavy (non-hydrogen) atoms. The van der Waals surface area contributed by atoms with E-state index in [0.717, 1.165) is 45.2 Å². The normalized spacial score (nSPS) is 16.5. The minimum Gasteiger partial charge on any atom is -0.317 e. The highest BCUT2D eigenvalue weighted by Gasteiger charge is 2.38. The summed E-state index contributed by atoms with van der Waals surface area (Å²) < 4.78 is 28.1. The first-order chi connectivity index (χ1) is 9.04. The Morgan fingerprint density at radius 3 is 2.32 bits per heavy atom. The molecule has 1 aliphatic rings. The van der Waals surface area contributed by atoms with Crippen LogP contribution in [0.5, 0.6) is 0 Å². The first-order valence-corrected chi connectivity index (χ1v) is 8.87. The zero-order chi connectivity index (χ0) is 14.3. The quantitative estimate of drug-likeness (QED) is 0.586. The third-order valence-corrected chi connectivity index (χ3v) is 5.39. The predicted octanol–water partition coefficient (Wildman–Crippen LogP) is 1.43. The maximum absolute atomic E-state index is 12.5. The molecule has 6 heteroatoms. The van der Waals surface area contributed by atoms with E-state index in [1.807, 2.05) is 6.92 Å². The van der Waals surface area contributed by atoms with Gasteiger partial charge in [-0.15, -0.1) is 0 Å². The van der Waals surface area contributed by atoms with E-state index in [2.05, 4.69) is 12.2 Å². The molecule has 0 saturated heterocycles. The van der Waals surface area contributed by atoms with Crippen LogP contribution in [0, 0.1) is 0 Å². The molecule has 0 unspecified atom stereocenters. The van der Waals surface area contributed by atoms with Gasteiger partial charge in [-0.1, -0.05) is 13.8 Å². The highest BCUT2D eigenvalue weighted by Crippen LogP contribution is 2.30. The summed E-state index contributed by atoms with van der Waals surface area (Å²) in [5.74, 6) is 0. The van der Waals surface area contributed by atoms with Crippen LogP contribution in [0.1, 0.15) is 46.0 Å². The van der Waals surface area contributed by atoms with Crippen molar-refractivity contribution in [2.45, 2.75) is 52.0 Å². The Morgan fingerprint density at radius 2 is 1.79 bits per heavy atom. The van der Waals surface area contributed by atoms with Crippen LogP contribution in [0.4, 0.5) is 0 Å². The second-order valence-corrected chi connectivity index (χ2v) is 7.26. The Kier molecular flexibility index (Phi) is 7.28. The molecule has 0 aromatic carbocycles. The van der Waals surface area contributed by atoms with E-state index in [9.17, 15) is 8.42 Å². The summed E-state index contributed by atoms with van der Waals surface area (Å²) in [6.45, 7) is 7.27. The van der Waals surface area contributed by atoms with Gasteiger partial charge in [0, 0.05) is 26.2 Å². The Balaban J connectivity index is 2.41. The molecule has 5 nitrogen and oxygen atoms in total. The van der Waals surface area contributed by atoms with Crippen LogP contribution in [0.3, 0.4) is 0 Å². The summed E-state index contributed by atoms with van der Waals surface area (Å²) >= 11 is 0. The molecular weight excluding hydrogens is 262 g/mol. The highest BCUT2D eigenvalue weighted by atomic mass is 32.2. The summed E-state index contributed by atoms with van der Waals surface area (Å²) in [5, 5.41) is 3.30. The maximum atomic E-state index is 12.5. The largest absolute Gasteiger partial charge is 0.317 e. The second-order valence-electron chi connectivity index (χ2n) is 5.27. The van der Waals surface area contributed by atoms with Gasteiger partial charge in [0.25, 0.3) is 10.2 Å². The van der Waals surface area contributed by atoms with Crippen molar-refractivity contribution in [3.8, 4) is 0 Å². The van der Waals surface area contributed by atoms with E-state index in [4.69, 9.17) is 0 Å². The molecule has 0 amide bonds. The summed E-state index contributed by atoms with van der Waals surface area (Å²) in [6.07, 6.45) is 4.89. The minimum atomic E-state index is -3.25. The lowest BCUT2D eigenvalue weighted by Crippen LogP contribution is -2.44. The SMILES string of the molecule is CCCNCCCN(C)S(=O)(=O)N(CCC)C1CC1. The van der Waals surface area contributed by atoms with E-state index in [-0.39, 0.29) is 6.04 Å². The fourth-order valence-electron chi connectivity index (χ4n) is 2.09. The number of nitrogens with one attached hydrogen (secondary N) is 1. The molecule has 0 aromatic rings. The molecule has 0 heterocycles. The summed E-state index contributed by atoms with van der Waals surface area (Å²) in [6, 6.07) is 0.255. The number of nitrogens with zero attached hydrogens (tertiary/aromatic N) is 2. The summed E-state index contributed by atoms with van der Waals surface area (Å²) in [5.41, 5.74) is 0. The molecule has 1 rings (SSSR count). The lowest BCUT2D eigenvalue weighted by Gasteiger charge is -2.27. The topological polar surface area (TPSA) is 52.7 Å². The Hall–Kier alpha value is -0.170. The van der Waals surface area contributed by atoms with Crippen LogP contribution in [0.2, 0.25) is 0 Å². The first kappa shape index (κ1) is 16.9. The van der Waals surface area contributed by atoms with E-state index >= 15 is 0 Å². The molecule has 114 valence electrons. The third-order valence-electron chi connectivity index (χ3n) is 3.34. The summed E-state index contributed by atoms with van der Waals surface area (Å²) in [7, 11) is -1.56. The van der Waals surface area contributed by atoms with Crippen molar-refractivity contribution in [2.24, 2.45) is 0 Å². The van der Waals surface area contributed by atoms with Crippen LogP contribution >= 0.6 is 0 Å². The van der Waals surface area contributed by atoms with Crippen molar-refractivity contribution in [3.05, 3.63) is 0 Å². The van der Waals surface area contributed by atoms with Crippen LogP contribution in [0.15, 0.2) is 0 Å². The lowest BCUT2D eigenvalue weighted by atomic mass is 10.4. The Labute approximate surface area is 118 Å². The number of hydrogen-bond acceptors (Lipinski definition) is 3. The Morgan fingerprint density at radius 1 is 1.11 bits per heavy atom. The maximum Gasteiger partial charge on any atom is 0.281 e. The van der Waals surface area contributed by atoms with Crippen molar-refractivity contribution in [1.82, 2.24) is 13.9 Å².